The molecule has 0 aliphatic rings. The molecule has 19 heavy (non-hydrogen) atoms. The third-order valence-electron chi connectivity index (χ3n) is 2.38. The van der Waals surface area contributed by atoms with E-state index in [0.29, 0.717) is 0 Å². The van der Waals surface area contributed by atoms with Crippen molar-refractivity contribution >= 4 is 14.7 Å². The van der Waals surface area contributed by atoms with Gasteiger partial charge in [-0.1, -0.05) is 0 Å². The van der Waals surface area contributed by atoms with Crippen LogP contribution in [0.1, 0.15) is 13.8 Å². The van der Waals surface area contributed by atoms with Crippen LogP contribution in [0, 0.1) is 29.1 Å². The van der Waals surface area contributed by atoms with Gasteiger partial charge in [0.25, 0.3) is 0 Å². The van der Waals surface area contributed by atoms with Crippen LogP contribution < -0.4 is 5.19 Å². The Kier molecular flexibility index (Phi) is 5.89. The molecule has 0 fully saturated rings. The summed E-state index contributed by atoms with van der Waals surface area (Å²) in [6.07, 6.45) is 0. The molecule has 0 saturated heterocycles. The van der Waals surface area contributed by atoms with Gasteiger partial charge in [0.1, 0.15) is 15.4 Å². The van der Waals surface area contributed by atoms with Crippen molar-refractivity contribution in [3.05, 3.63) is 29.1 Å². The molecule has 2 nitrogen and oxygen atoms in total. The number of rotatable bonds is 6. The summed E-state index contributed by atoms with van der Waals surface area (Å²) in [5.41, 5.74) is 0. The Morgan fingerprint density at radius 1 is 0.789 bits per heavy atom. The summed E-state index contributed by atoms with van der Waals surface area (Å²) in [7, 11) is -1.98. The average Bonchev–Trinajstić information content (AvgIpc) is 2.39. The second kappa shape index (κ2) is 6.97. The molecular weight excluding hydrogens is 287 g/mol. The van der Waals surface area contributed by atoms with Crippen molar-refractivity contribution in [1.29, 1.82) is 0 Å². The lowest BCUT2D eigenvalue weighted by molar-refractivity contribution is -0.0818. The van der Waals surface area contributed by atoms with Crippen molar-refractivity contribution in [3.63, 3.8) is 0 Å². The van der Waals surface area contributed by atoms with Crippen LogP contribution in [-0.4, -0.2) is 28.6 Å². The zero-order valence-corrected chi connectivity index (χ0v) is 11.8. The van der Waals surface area contributed by atoms with Crippen LogP contribution in [0.3, 0.4) is 0 Å². The van der Waals surface area contributed by atoms with Gasteiger partial charge in [-0.3, -0.25) is 0 Å². The van der Waals surface area contributed by atoms with Gasteiger partial charge in [-0.15, -0.1) is 0 Å². The number of benzene rings is 1. The fourth-order valence-electron chi connectivity index (χ4n) is 1.53. The van der Waals surface area contributed by atoms with Gasteiger partial charge in [0.2, 0.25) is 5.82 Å². The molecule has 0 atom stereocenters. The first kappa shape index (κ1) is 16.1. The zero-order chi connectivity index (χ0) is 14.6. The third-order valence-corrected chi connectivity index (χ3v) is 4.21. The normalized spacial score (nSPS) is 12.0. The summed E-state index contributed by atoms with van der Waals surface area (Å²) in [5, 5.41) is -0.802. The lowest BCUT2D eigenvalue weighted by Crippen LogP contribution is -2.38. The molecule has 0 saturated carbocycles. The third kappa shape index (κ3) is 3.52. The van der Waals surface area contributed by atoms with Gasteiger partial charge in [0, 0.05) is 18.4 Å². The van der Waals surface area contributed by atoms with E-state index < -0.39 is 49.7 Å². The summed E-state index contributed by atoms with van der Waals surface area (Å²) < 4.78 is 75.9. The molecule has 0 N–H and O–H groups in total. The molecule has 1 rings (SSSR count). The van der Waals surface area contributed by atoms with E-state index in [4.69, 9.17) is 9.47 Å². The monoisotopic (exact) mass is 300 g/mol. The van der Waals surface area contributed by atoms with Gasteiger partial charge < -0.3 is 9.47 Å². The van der Waals surface area contributed by atoms with E-state index in [1.165, 1.54) is 0 Å². The van der Waals surface area contributed by atoms with Crippen LogP contribution in [-0.2, 0) is 9.47 Å². The molecule has 0 aliphatic heterocycles. The van der Waals surface area contributed by atoms with Gasteiger partial charge >= 0.3 is 0 Å². The highest BCUT2D eigenvalue weighted by molar-refractivity contribution is 6.54. The van der Waals surface area contributed by atoms with Crippen molar-refractivity contribution in [2.75, 3.05) is 13.2 Å². The molecule has 0 aliphatic carbocycles. The Labute approximate surface area is 109 Å². The van der Waals surface area contributed by atoms with Crippen molar-refractivity contribution in [3.8, 4) is 0 Å². The quantitative estimate of drug-likeness (QED) is 0.261. The van der Waals surface area contributed by atoms with Gasteiger partial charge in [-0.05, 0) is 13.8 Å². The van der Waals surface area contributed by atoms with Crippen molar-refractivity contribution < 1.29 is 31.4 Å². The highest BCUT2D eigenvalue weighted by Gasteiger charge is 2.27. The number of ether oxygens (including phenoxy) is 2. The van der Waals surface area contributed by atoms with Crippen LogP contribution in [0.4, 0.5) is 22.0 Å². The number of halogens is 5. The SMILES string of the molecule is CCOC(OCC)[SiH2]c1c(F)c(F)c(F)c(F)c1F. The van der Waals surface area contributed by atoms with E-state index in [9.17, 15) is 22.0 Å². The van der Waals surface area contributed by atoms with E-state index in [1.807, 2.05) is 0 Å². The van der Waals surface area contributed by atoms with Crippen LogP contribution in [0.15, 0.2) is 0 Å². The molecule has 1 aromatic rings. The Morgan fingerprint density at radius 3 is 1.53 bits per heavy atom. The summed E-state index contributed by atoms with van der Waals surface area (Å²) in [4.78, 5) is 0. The van der Waals surface area contributed by atoms with Crippen LogP contribution in [0.2, 0.25) is 0 Å². The highest BCUT2D eigenvalue weighted by Crippen LogP contribution is 2.16. The maximum absolute atomic E-state index is 13.4. The molecule has 0 unspecified atom stereocenters. The van der Waals surface area contributed by atoms with Crippen molar-refractivity contribution in [1.82, 2.24) is 0 Å². The summed E-state index contributed by atoms with van der Waals surface area (Å²) in [5.74, 6) is -10.6. The minimum atomic E-state index is -2.16. The Hall–Kier alpha value is -0.993. The van der Waals surface area contributed by atoms with Crippen LogP contribution >= 0.6 is 0 Å². The predicted octanol–water partition coefficient (Wildman–Crippen LogP) is 1.53. The molecule has 0 spiro atoms. The topological polar surface area (TPSA) is 18.5 Å². The predicted molar refractivity (Wildman–Crippen MR) is 61.5 cm³/mol. The van der Waals surface area contributed by atoms with Gasteiger partial charge in [-0.2, -0.15) is 0 Å². The molecule has 1 aromatic carbocycles. The largest absolute Gasteiger partial charge is 0.357 e. The fourth-order valence-corrected chi connectivity index (χ4v) is 3.24. The lowest BCUT2D eigenvalue weighted by atomic mass is 10.3. The van der Waals surface area contributed by atoms with E-state index in [0.717, 1.165) is 0 Å². The minimum absolute atomic E-state index is 0.215. The standard InChI is InChI=1S/C11H13F5O2Si/c1-3-17-11(18-4-2)19-10-8(15)6(13)5(12)7(14)9(10)16/h11H,3-4,19H2,1-2H3. The van der Waals surface area contributed by atoms with E-state index in [-0.39, 0.29) is 13.2 Å². The molecule has 8 heteroatoms. The molecule has 0 heterocycles. The maximum atomic E-state index is 13.4. The first-order chi connectivity index (χ1) is 8.93. The van der Waals surface area contributed by atoms with Crippen molar-refractivity contribution in [2.24, 2.45) is 0 Å². The maximum Gasteiger partial charge on any atom is 0.200 e. The Balaban J connectivity index is 3.12. The first-order valence-electron chi connectivity index (χ1n) is 5.67. The highest BCUT2D eigenvalue weighted by atomic mass is 28.2. The van der Waals surface area contributed by atoms with Crippen LogP contribution in [0.25, 0.3) is 0 Å². The molecule has 0 amide bonds. The summed E-state index contributed by atoms with van der Waals surface area (Å²) in [6, 6.07) is 0. The second-order valence-corrected chi connectivity index (χ2v) is 5.37. The van der Waals surface area contributed by atoms with Crippen molar-refractivity contribution in [2.45, 2.75) is 19.8 Å². The van der Waals surface area contributed by atoms with Gasteiger partial charge in [0.15, 0.2) is 23.3 Å². The Bertz CT molecular complexity index is 420. The summed E-state index contributed by atoms with van der Waals surface area (Å²) in [6.45, 7) is 3.71. The number of hydrogen-bond acceptors (Lipinski definition) is 2. The Morgan fingerprint density at radius 2 is 1.16 bits per heavy atom. The molecular formula is C11H13F5O2Si. The molecule has 0 radical (unpaired) electrons. The minimum Gasteiger partial charge on any atom is -0.357 e. The lowest BCUT2D eigenvalue weighted by Gasteiger charge is -2.17. The zero-order valence-electron chi connectivity index (χ0n) is 10.4. The van der Waals surface area contributed by atoms with Gasteiger partial charge in [-0.25, -0.2) is 22.0 Å². The molecule has 108 valence electrons. The second-order valence-electron chi connectivity index (χ2n) is 3.59. The molecule has 0 bridgehead atoms. The fraction of sp³-hybridized carbons (Fsp3) is 0.455. The van der Waals surface area contributed by atoms with E-state index in [1.54, 1.807) is 13.8 Å². The smallest absolute Gasteiger partial charge is 0.200 e. The average molecular weight is 300 g/mol. The van der Waals surface area contributed by atoms with Crippen LogP contribution in [0.5, 0.6) is 0 Å². The van der Waals surface area contributed by atoms with E-state index in [2.05, 4.69) is 0 Å². The molecule has 0 aromatic heterocycles. The van der Waals surface area contributed by atoms with Gasteiger partial charge in [0.05, 0.1) is 0 Å². The summed E-state index contributed by atoms with van der Waals surface area (Å²) >= 11 is 0. The first-order valence-corrected chi connectivity index (χ1v) is 7.19. The number of hydrogen-bond donors (Lipinski definition) is 0. The van der Waals surface area contributed by atoms with E-state index >= 15 is 0 Å².